The Balaban J connectivity index is 3.61. The van der Waals surface area contributed by atoms with Crippen molar-refractivity contribution in [3.63, 3.8) is 0 Å². The number of esters is 4. The van der Waals surface area contributed by atoms with Gasteiger partial charge in [-0.05, 0) is 12.0 Å². The Kier molecular flexibility index (Phi) is 7.10. The second-order valence-corrected chi connectivity index (χ2v) is 5.05. The van der Waals surface area contributed by atoms with Crippen LogP contribution in [-0.4, -0.2) is 52.3 Å². The van der Waals surface area contributed by atoms with Gasteiger partial charge in [-0.25, -0.2) is 0 Å². The van der Waals surface area contributed by atoms with Crippen LogP contribution in [0.5, 0.6) is 0 Å². The zero-order valence-electron chi connectivity index (χ0n) is 14.4. The van der Waals surface area contributed by atoms with E-state index in [0.717, 1.165) is 28.4 Å². The summed E-state index contributed by atoms with van der Waals surface area (Å²) in [4.78, 5) is 49.7. The Hall–Kier alpha value is -2.90. The van der Waals surface area contributed by atoms with E-state index in [9.17, 15) is 19.2 Å². The number of ether oxygens (including phenoxy) is 4. The van der Waals surface area contributed by atoms with Gasteiger partial charge in [-0.3, -0.25) is 19.2 Å². The molecule has 0 aliphatic heterocycles. The van der Waals surface area contributed by atoms with Gasteiger partial charge >= 0.3 is 23.9 Å². The van der Waals surface area contributed by atoms with E-state index >= 15 is 0 Å². The van der Waals surface area contributed by atoms with Crippen LogP contribution in [-0.2, 0) is 44.5 Å². The minimum atomic E-state index is -2.64. The van der Waals surface area contributed by atoms with Gasteiger partial charge < -0.3 is 18.9 Å². The van der Waals surface area contributed by atoms with Crippen LogP contribution in [0.3, 0.4) is 0 Å². The molecule has 0 fully saturated rings. The predicted octanol–water partition coefficient (Wildman–Crippen LogP) is 0.524. The minimum absolute atomic E-state index is 0.146. The van der Waals surface area contributed by atoms with Crippen molar-refractivity contribution in [3.8, 4) is 0 Å². The van der Waals surface area contributed by atoms with Crippen LogP contribution in [0, 0.1) is 11.3 Å². The van der Waals surface area contributed by atoms with Gasteiger partial charge in [-0.1, -0.05) is 30.3 Å². The largest absolute Gasteiger partial charge is 0.469 e. The van der Waals surface area contributed by atoms with E-state index in [0.29, 0.717) is 5.56 Å². The maximum Gasteiger partial charge on any atom is 0.335 e. The number of hydrogen-bond acceptors (Lipinski definition) is 8. The first-order chi connectivity index (χ1) is 11.9. The summed E-state index contributed by atoms with van der Waals surface area (Å²) in [6.45, 7) is 0. The summed E-state index contributed by atoms with van der Waals surface area (Å²) in [5.74, 6) is -6.29. The first kappa shape index (κ1) is 20.1. The summed E-state index contributed by atoms with van der Waals surface area (Å²) < 4.78 is 18.6. The molecule has 0 heterocycles. The van der Waals surface area contributed by atoms with Crippen molar-refractivity contribution in [2.75, 3.05) is 28.4 Å². The molecule has 0 bridgehead atoms. The third kappa shape index (κ3) is 3.78. The van der Waals surface area contributed by atoms with Crippen molar-refractivity contribution in [3.05, 3.63) is 35.9 Å². The molecule has 25 heavy (non-hydrogen) atoms. The average Bonchev–Trinajstić information content (AvgIpc) is 2.66. The lowest BCUT2D eigenvalue weighted by molar-refractivity contribution is -0.190. The van der Waals surface area contributed by atoms with Crippen molar-refractivity contribution in [2.24, 2.45) is 11.3 Å². The zero-order chi connectivity index (χ0) is 19.0. The van der Waals surface area contributed by atoms with E-state index in [1.807, 2.05) is 0 Å². The van der Waals surface area contributed by atoms with Crippen LogP contribution < -0.4 is 0 Å². The molecule has 0 spiro atoms. The van der Waals surface area contributed by atoms with Crippen LogP contribution in [0.15, 0.2) is 30.3 Å². The lowest BCUT2D eigenvalue weighted by atomic mass is 9.72. The lowest BCUT2D eigenvalue weighted by Gasteiger charge is -2.31. The fourth-order valence-corrected chi connectivity index (χ4v) is 2.56. The van der Waals surface area contributed by atoms with E-state index in [1.165, 1.54) is 0 Å². The Morgan fingerprint density at radius 3 is 1.60 bits per heavy atom. The van der Waals surface area contributed by atoms with Gasteiger partial charge in [0, 0.05) is 0 Å². The van der Waals surface area contributed by atoms with Gasteiger partial charge in [0.1, 0.15) is 0 Å². The predicted molar refractivity (Wildman–Crippen MR) is 84.1 cm³/mol. The molecule has 136 valence electrons. The van der Waals surface area contributed by atoms with Crippen molar-refractivity contribution in [1.82, 2.24) is 0 Å². The first-order valence-corrected chi connectivity index (χ1v) is 7.27. The molecule has 8 nitrogen and oxygen atoms in total. The maximum atomic E-state index is 12.5. The molecular weight excluding hydrogens is 332 g/mol. The van der Waals surface area contributed by atoms with Crippen LogP contribution in [0.1, 0.15) is 5.56 Å². The Bertz CT molecular complexity index is 597. The summed E-state index contributed by atoms with van der Waals surface area (Å²) in [6.07, 6.45) is -0.146. The normalized spacial score (nSPS) is 11.8. The van der Waals surface area contributed by atoms with E-state index in [2.05, 4.69) is 14.2 Å². The highest BCUT2D eigenvalue weighted by Crippen LogP contribution is 2.36. The second kappa shape index (κ2) is 8.81. The van der Waals surface area contributed by atoms with Gasteiger partial charge in [-0.2, -0.15) is 0 Å². The maximum absolute atomic E-state index is 12.5. The van der Waals surface area contributed by atoms with Gasteiger partial charge in [0.25, 0.3) is 5.41 Å². The summed E-state index contributed by atoms with van der Waals surface area (Å²) in [6, 6.07) is 8.52. The molecule has 0 amide bonds. The molecular formula is C17H20O8. The van der Waals surface area contributed by atoms with Crippen molar-refractivity contribution >= 4 is 23.9 Å². The Labute approximate surface area is 145 Å². The molecule has 0 aliphatic carbocycles. The molecule has 1 unspecified atom stereocenters. The topological polar surface area (TPSA) is 105 Å². The number of carbonyl (C=O) groups is 4. The van der Waals surface area contributed by atoms with E-state index in [1.54, 1.807) is 30.3 Å². The highest BCUT2D eigenvalue weighted by Gasteiger charge is 2.65. The SMILES string of the molecule is COC(=O)C(Cc1ccccc1)C(C(=O)OC)(C(=O)OC)C(=O)OC. The number of carbonyl (C=O) groups excluding carboxylic acids is 4. The van der Waals surface area contributed by atoms with Crippen LogP contribution >= 0.6 is 0 Å². The summed E-state index contributed by atoms with van der Waals surface area (Å²) >= 11 is 0. The van der Waals surface area contributed by atoms with E-state index in [4.69, 9.17) is 4.74 Å². The highest BCUT2D eigenvalue weighted by molar-refractivity contribution is 6.20. The molecule has 0 saturated heterocycles. The van der Waals surface area contributed by atoms with Crippen LogP contribution in [0.4, 0.5) is 0 Å². The zero-order valence-corrected chi connectivity index (χ0v) is 14.4. The molecule has 0 aliphatic rings. The first-order valence-electron chi connectivity index (χ1n) is 7.27. The van der Waals surface area contributed by atoms with Gasteiger partial charge in [0.05, 0.1) is 34.4 Å². The third-order valence-electron chi connectivity index (χ3n) is 3.81. The van der Waals surface area contributed by atoms with Crippen molar-refractivity contribution < 1.29 is 38.1 Å². The van der Waals surface area contributed by atoms with Gasteiger partial charge in [0.15, 0.2) is 0 Å². The fraction of sp³-hybridized carbons (Fsp3) is 0.412. The quantitative estimate of drug-likeness (QED) is 0.397. The number of hydrogen-bond donors (Lipinski definition) is 0. The van der Waals surface area contributed by atoms with Crippen molar-refractivity contribution in [2.45, 2.75) is 6.42 Å². The van der Waals surface area contributed by atoms with E-state index in [-0.39, 0.29) is 6.42 Å². The molecule has 1 atom stereocenters. The molecule has 1 rings (SSSR count). The molecule has 0 aromatic heterocycles. The van der Waals surface area contributed by atoms with Gasteiger partial charge in [0.2, 0.25) is 0 Å². The summed E-state index contributed by atoms with van der Waals surface area (Å²) in [5, 5.41) is 0. The number of rotatable bonds is 7. The molecule has 0 saturated carbocycles. The van der Waals surface area contributed by atoms with Crippen LogP contribution in [0.2, 0.25) is 0 Å². The van der Waals surface area contributed by atoms with Crippen LogP contribution in [0.25, 0.3) is 0 Å². The van der Waals surface area contributed by atoms with Crippen molar-refractivity contribution in [1.29, 1.82) is 0 Å². The standard InChI is InChI=1S/C17H20O8/c1-22-13(18)12(10-11-8-6-5-7-9-11)17(14(19)23-2,15(20)24-3)16(21)25-4/h5-9,12H,10H2,1-4H3. The summed E-state index contributed by atoms with van der Waals surface area (Å²) in [7, 11) is 4.04. The Morgan fingerprint density at radius 1 is 0.800 bits per heavy atom. The highest BCUT2D eigenvalue weighted by atomic mass is 16.6. The van der Waals surface area contributed by atoms with Gasteiger partial charge in [-0.15, -0.1) is 0 Å². The smallest absolute Gasteiger partial charge is 0.335 e. The fourth-order valence-electron chi connectivity index (χ4n) is 2.56. The summed E-state index contributed by atoms with van der Waals surface area (Å²) in [5.41, 5.74) is -2.04. The molecule has 0 N–H and O–H groups in total. The monoisotopic (exact) mass is 352 g/mol. The Morgan fingerprint density at radius 2 is 1.24 bits per heavy atom. The van der Waals surface area contributed by atoms with E-state index < -0.39 is 35.2 Å². The molecule has 0 radical (unpaired) electrons. The number of methoxy groups -OCH3 is 4. The molecule has 1 aromatic carbocycles. The lowest BCUT2D eigenvalue weighted by Crippen LogP contribution is -2.56. The minimum Gasteiger partial charge on any atom is -0.469 e. The molecule has 1 aromatic rings. The average molecular weight is 352 g/mol. The number of benzene rings is 1. The second-order valence-electron chi connectivity index (χ2n) is 5.05. The molecule has 8 heteroatoms. The third-order valence-corrected chi connectivity index (χ3v) is 3.81.